The Hall–Kier alpha value is -2.29. The zero-order valence-electron chi connectivity index (χ0n) is 11.1. The van der Waals surface area contributed by atoms with Crippen LogP contribution in [-0.4, -0.2) is 5.91 Å². The average molecular weight is 255 g/mol. The van der Waals surface area contributed by atoms with Crippen molar-refractivity contribution in [3.05, 3.63) is 65.6 Å². The van der Waals surface area contributed by atoms with Crippen molar-refractivity contribution in [1.29, 1.82) is 0 Å². The number of hydrogen-bond acceptors (Lipinski definition) is 2. The number of furan rings is 1. The van der Waals surface area contributed by atoms with Crippen LogP contribution in [0.3, 0.4) is 0 Å². The fourth-order valence-electron chi connectivity index (χ4n) is 1.81. The molecule has 1 atom stereocenters. The molecule has 0 aliphatic carbocycles. The van der Waals surface area contributed by atoms with Crippen molar-refractivity contribution in [3.63, 3.8) is 0 Å². The van der Waals surface area contributed by atoms with E-state index in [-0.39, 0.29) is 11.9 Å². The second kappa shape index (κ2) is 6.05. The molecule has 1 aromatic heterocycles. The first kappa shape index (κ1) is 13.1. The number of carbonyl (C=O) groups excluding carboxylic acids is 1. The molecule has 0 bridgehead atoms. The highest BCUT2D eigenvalue weighted by Gasteiger charge is 2.09. The van der Waals surface area contributed by atoms with Crippen LogP contribution >= 0.6 is 0 Å². The van der Waals surface area contributed by atoms with Crippen molar-refractivity contribution in [2.45, 2.75) is 19.9 Å². The molecule has 0 spiro atoms. The van der Waals surface area contributed by atoms with Crippen molar-refractivity contribution >= 4 is 12.0 Å². The van der Waals surface area contributed by atoms with Crippen LogP contribution in [-0.2, 0) is 4.79 Å². The highest BCUT2D eigenvalue weighted by atomic mass is 16.3. The first-order valence-electron chi connectivity index (χ1n) is 6.24. The van der Waals surface area contributed by atoms with Crippen LogP contribution in [0.5, 0.6) is 0 Å². The first-order valence-corrected chi connectivity index (χ1v) is 6.24. The molecule has 1 aromatic carbocycles. The van der Waals surface area contributed by atoms with Crippen molar-refractivity contribution in [2.24, 2.45) is 0 Å². The number of carbonyl (C=O) groups is 1. The van der Waals surface area contributed by atoms with E-state index >= 15 is 0 Å². The molecule has 0 aliphatic heterocycles. The molecule has 0 saturated heterocycles. The summed E-state index contributed by atoms with van der Waals surface area (Å²) in [5.74, 6) is 0.616. The number of nitrogens with one attached hydrogen (secondary N) is 1. The van der Waals surface area contributed by atoms with Crippen LogP contribution in [0, 0.1) is 6.92 Å². The monoisotopic (exact) mass is 255 g/mol. The maximum absolute atomic E-state index is 11.8. The Morgan fingerprint density at radius 2 is 2.05 bits per heavy atom. The third-order valence-corrected chi connectivity index (χ3v) is 2.93. The van der Waals surface area contributed by atoms with E-state index in [0.717, 1.165) is 16.9 Å². The molecule has 1 amide bonds. The molecule has 3 nitrogen and oxygen atoms in total. The molecule has 0 aliphatic rings. The average Bonchev–Trinajstić information content (AvgIpc) is 2.91. The summed E-state index contributed by atoms with van der Waals surface area (Å²) in [6.45, 7) is 3.90. The predicted molar refractivity (Wildman–Crippen MR) is 75.5 cm³/mol. The summed E-state index contributed by atoms with van der Waals surface area (Å²) in [6.07, 6.45) is 4.96. The smallest absolute Gasteiger partial charge is 0.244 e. The molecular weight excluding hydrogens is 238 g/mol. The molecule has 1 N–H and O–H groups in total. The normalized spacial score (nSPS) is 12.5. The Balaban J connectivity index is 1.96. The minimum Gasteiger partial charge on any atom is -0.467 e. The summed E-state index contributed by atoms with van der Waals surface area (Å²) in [5.41, 5.74) is 2.19. The fraction of sp³-hybridized carbons (Fsp3) is 0.188. The van der Waals surface area contributed by atoms with Crippen LogP contribution in [0.2, 0.25) is 0 Å². The lowest BCUT2D eigenvalue weighted by atomic mass is 10.1. The van der Waals surface area contributed by atoms with E-state index in [9.17, 15) is 4.79 Å². The van der Waals surface area contributed by atoms with Gasteiger partial charge in [0.2, 0.25) is 5.91 Å². The number of amides is 1. The molecule has 3 heteroatoms. The van der Waals surface area contributed by atoms with E-state index < -0.39 is 0 Å². The summed E-state index contributed by atoms with van der Waals surface area (Å²) < 4.78 is 5.24. The van der Waals surface area contributed by atoms with Gasteiger partial charge in [0.1, 0.15) is 5.76 Å². The Morgan fingerprint density at radius 3 is 2.74 bits per heavy atom. The predicted octanol–water partition coefficient (Wildman–Crippen LogP) is 3.48. The maximum atomic E-state index is 11.8. The van der Waals surface area contributed by atoms with Gasteiger partial charge in [-0.1, -0.05) is 24.3 Å². The van der Waals surface area contributed by atoms with Gasteiger partial charge in [-0.05, 0) is 43.2 Å². The standard InChI is InChI=1S/C16H17NO2/c1-12-6-3-4-7-14(12)9-10-16(18)17-13(2)15-8-5-11-19-15/h3-11,13H,1-2H3,(H,17,18)/b10-9+/t13-/m1/s1. The Kier molecular flexibility index (Phi) is 4.18. The van der Waals surface area contributed by atoms with E-state index in [4.69, 9.17) is 4.42 Å². The van der Waals surface area contributed by atoms with E-state index in [1.54, 1.807) is 18.4 Å². The minimum atomic E-state index is -0.135. The molecule has 19 heavy (non-hydrogen) atoms. The number of aryl methyl sites for hydroxylation is 1. The summed E-state index contributed by atoms with van der Waals surface area (Å²) in [5, 5.41) is 2.85. The Morgan fingerprint density at radius 1 is 1.26 bits per heavy atom. The highest BCUT2D eigenvalue weighted by molar-refractivity contribution is 5.92. The van der Waals surface area contributed by atoms with Gasteiger partial charge >= 0.3 is 0 Å². The molecule has 1 heterocycles. The zero-order chi connectivity index (χ0) is 13.7. The van der Waals surface area contributed by atoms with Gasteiger partial charge in [-0.25, -0.2) is 0 Å². The summed E-state index contributed by atoms with van der Waals surface area (Å²) in [7, 11) is 0. The van der Waals surface area contributed by atoms with Crippen molar-refractivity contribution < 1.29 is 9.21 Å². The van der Waals surface area contributed by atoms with Crippen LogP contribution in [0.15, 0.2) is 53.2 Å². The third kappa shape index (κ3) is 3.58. The van der Waals surface area contributed by atoms with Gasteiger partial charge in [-0.15, -0.1) is 0 Å². The van der Waals surface area contributed by atoms with Gasteiger partial charge in [0, 0.05) is 6.08 Å². The van der Waals surface area contributed by atoms with E-state index in [1.807, 2.05) is 50.3 Å². The molecular formula is C16H17NO2. The SMILES string of the molecule is Cc1ccccc1/C=C/C(=O)N[C@H](C)c1ccco1. The largest absolute Gasteiger partial charge is 0.467 e. The van der Waals surface area contributed by atoms with Gasteiger partial charge in [-0.3, -0.25) is 4.79 Å². The topological polar surface area (TPSA) is 42.2 Å². The lowest BCUT2D eigenvalue weighted by molar-refractivity contribution is -0.117. The number of hydrogen-bond donors (Lipinski definition) is 1. The second-order valence-corrected chi connectivity index (χ2v) is 4.44. The molecule has 0 saturated carbocycles. The summed E-state index contributed by atoms with van der Waals surface area (Å²) in [4.78, 5) is 11.8. The van der Waals surface area contributed by atoms with Crippen molar-refractivity contribution in [1.82, 2.24) is 5.32 Å². The fourth-order valence-corrected chi connectivity index (χ4v) is 1.81. The molecule has 0 radical (unpaired) electrons. The van der Waals surface area contributed by atoms with Crippen LogP contribution in [0.25, 0.3) is 6.08 Å². The zero-order valence-corrected chi connectivity index (χ0v) is 11.1. The minimum absolute atomic E-state index is 0.132. The maximum Gasteiger partial charge on any atom is 0.244 e. The molecule has 2 rings (SSSR count). The lowest BCUT2D eigenvalue weighted by Crippen LogP contribution is -2.24. The highest BCUT2D eigenvalue weighted by Crippen LogP contribution is 2.12. The third-order valence-electron chi connectivity index (χ3n) is 2.93. The lowest BCUT2D eigenvalue weighted by Gasteiger charge is -2.09. The van der Waals surface area contributed by atoms with Gasteiger partial charge in [0.15, 0.2) is 0 Å². The van der Waals surface area contributed by atoms with Gasteiger partial charge in [0.25, 0.3) is 0 Å². The van der Waals surface area contributed by atoms with Crippen LogP contribution in [0.1, 0.15) is 29.9 Å². The van der Waals surface area contributed by atoms with Crippen molar-refractivity contribution in [3.8, 4) is 0 Å². The molecule has 2 aromatic rings. The summed E-state index contributed by atoms with van der Waals surface area (Å²) >= 11 is 0. The number of rotatable bonds is 4. The van der Waals surface area contributed by atoms with E-state index in [1.165, 1.54) is 0 Å². The Labute approximate surface area is 112 Å². The molecule has 0 unspecified atom stereocenters. The van der Waals surface area contributed by atoms with E-state index in [0.29, 0.717) is 0 Å². The van der Waals surface area contributed by atoms with Gasteiger partial charge in [-0.2, -0.15) is 0 Å². The Bertz CT molecular complexity index is 570. The molecule has 0 fully saturated rings. The number of benzene rings is 1. The second-order valence-electron chi connectivity index (χ2n) is 4.44. The quantitative estimate of drug-likeness (QED) is 0.850. The van der Waals surface area contributed by atoms with Crippen LogP contribution < -0.4 is 5.32 Å². The van der Waals surface area contributed by atoms with E-state index in [2.05, 4.69) is 5.32 Å². The van der Waals surface area contributed by atoms with Crippen LogP contribution in [0.4, 0.5) is 0 Å². The van der Waals surface area contributed by atoms with Gasteiger partial charge in [0.05, 0.1) is 12.3 Å². The summed E-state index contributed by atoms with van der Waals surface area (Å²) in [6, 6.07) is 11.4. The molecule has 98 valence electrons. The van der Waals surface area contributed by atoms with Gasteiger partial charge < -0.3 is 9.73 Å². The first-order chi connectivity index (χ1) is 9.16. The van der Waals surface area contributed by atoms with Crippen molar-refractivity contribution in [2.75, 3.05) is 0 Å².